The second-order valence-corrected chi connectivity index (χ2v) is 8.80. The van der Waals surface area contributed by atoms with Gasteiger partial charge in [-0.05, 0) is 47.7 Å². The van der Waals surface area contributed by atoms with Crippen LogP contribution < -0.4 is 15.5 Å². The molecule has 1 aromatic heterocycles. The Kier molecular flexibility index (Phi) is 5.12. The lowest BCUT2D eigenvalue weighted by molar-refractivity contribution is 0.152. The zero-order valence-corrected chi connectivity index (χ0v) is 18.3. The maximum absolute atomic E-state index is 14.2. The molecule has 0 aliphatic carbocycles. The summed E-state index contributed by atoms with van der Waals surface area (Å²) in [4.78, 5) is 2.18. The molecular formula is C25H27F2N5. The Bertz CT molecular complexity index is 1180. The molecule has 166 valence electrons. The third kappa shape index (κ3) is 3.61. The first-order chi connectivity index (χ1) is 15.4. The number of anilines is 4. The molecule has 3 heterocycles. The Morgan fingerprint density at radius 2 is 2.06 bits per heavy atom. The summed E-state index contributed by atoms with van der Waals surface area (Å²) >= 11 is 0. The van der Waals surface area contributed by atoms with Gasteiger partial charge in [0.25, 0.3) is 6.43 Å². The molecule has 0 spiro atoms. The Morgan fingerprint density at radius 3 is 2.81 bits per heavy atom. The minimum absolute atomic E-state index is 0.0396. The standard InChI is InChI=1S/C25H27F2N5/c1-15-9-17-10-19(18-12-29-31(3)14-18)20(25(26)27)11-23(17)32(13-15)22-6-4-5-21-24(22)28-8-7-16(2)30-21/h4-6,10-12,14-15,25,28,30H,2,7-9,13H2,1,3H3. The van der Waals surface area contributed by atoms with Crippen LogP contribution in [0.15, 0.2) is 55.0 Å². The van der Waals surface area contributed by atoms with Crippen LogP contribution in [0.2, 0.25) is 0 Å². The largest absolute Gasteiger partial charge is 0.381 e. The number of hydrogen-bond acceptors (Lipinski definition) is 4. The van der Waals surface area contributed by atoms with Gasteiger partial charge in [-0.2, -0.15) is 5.10 Å². The highest BCUT2D eigenvalue weighted by Gasteiger charge is 2.29. The van der Waals surface area contributed by atoms with E-state index in [4.69, 9.17) is 0 Å². The van der Waals surface area contributed by atoms with Crippen molar-refractivity contribution in [2.24, 2.45) is 13.0 Å². The van der Waals surface area contributed by atoms with Crippen LogP contribution in [-0.4, -0.2) is 22.9 Å². The van der Waals surface area contributed by atoms with Crippen LogP contribution >= 0.6 is 0 Å². The van der Waals surface area contributed by atoms with Crippen molar-refractivity contribution in [3.63, 3.8) is 0 Å². The number of aryl methyl sites for hydroxylation is 1. The van der Waals surface area contributed by atoms with Gasteiger partial charge in [0, 0.05) is 55.3 Å². The van der Waals surface area contributed by atoms with Crippen LogP contribution in [0, 0.1) is 5.92 Å². The van der Waals surface area contributed by atoms with Gasteiger partial charge >= 0.3 is 0 Å². The van der Waals surface area contributed by atoms with Crippen molar-refractivity contribution in [3.05, 3.63) is 66.1 Å². The third-order valence-corrected chi connectivity index (χ3v) is 6.23. The number of hydrogen-bond donors (Lipinski definition) is 2. The van der Waals surface area contributed by atoms with E-state index in [9.17, 15) is 8.78 Å². The van der Waals surface area contributed by atoms with E-state index in [1.807, 2.05) is 18.2 Å². The highest BCUT2D eigenvalue weighted by Crippen LogP contribution is 2.45. The van der Waals surface area contributed by atoms with Crippen molar-refractivity contribution >= 4 is 22.7 Å². The first-order valence-electron chi connectivity index (χ1n) is 10.9. The van der Waals surface area contributed by atoms with E-state index in [0.29, 0.717) is 17.0 Å². The van der Waals surface area contributed by atoms with Crippen LogP contribution in [-0.2, 0) is 13.5 Å². The van der Waals surface area contributed by atoms with Crippen molar-refractivity contribution in [2.75, 3.05) is 28.6 Å². The van der Waals surface area contributed by atoms with E-state index in [2.05, 4.69) is 40.2 Å². The predicted molar refractivity (Wildman–Crippen MR) is 126 cm³/mol. The highest BCUT2D eigenvalue weighted by atomic mass is 19.3. The zero-order valence-electron chi connectivity index (χ0n) is 18.3. The number of nitrogens with zero attached hydrogens (tertiary/aromatic N) is 3. The van der Waals surface area contributed by atoms with E-state index in [0.717, 1.165) is 59.9 Å². The molecule has 5 rings (SSSR count). The van der Waals surface area contributed by atoms with Gasteiger partial charge in [0.15, 0.2) is 0 Å². The maximum Gasteiger partial charge on any atom is 0.264 e. The van der Waals surface area contributed by atoms with Crippen molar-refractivity contribution in [2.45, 2.75) is 26.2 Å². The Hall–Kier alpha value is -3.35. The molecule has 0 radical (unpaired) electrons. The minimum Gasteiger partial charge on any atom is -0.381 e. The first-order valence-corrected chi connectivity index (χ1v) is 10.9. The summed E-state index contributed by atoms with van der Waals surface area (Å²) in [6, 6.07) is 9.69. The van der Waals surface area contributed by atoms with Gasteiger partial charge in [0.2, 0.25) is 0 Å². The van der Waals surface area contributed by atoms with Gasteiger partial charge in [0.1, 0.15) is 0 Å². The van der Waals surface area contributed by atoms with Crippen LogP contribution in [0.4, 0.5) is 31.5 Å². The number of rotatable bonds is 3. The Balaban J connectivity index is 1.66. The molecule has 2 N–H and O–H groups in total. The molecule has 1 atom stereocenters. The third-order valence-electron chi connectivity index (χ3n) is 6.23. The molecule has 0 saturated heterocycles. The van der Waals surface area contributed by atoms with Crippen molar-refractivity contribution in [1.29, 1.82) is 0 Å². The fourth-order valence-corrected chi connectivity index (χ4v) is 4.78. The van der Waals surface area contributed by atoms with Gasteiger partial charge in [0.05, 0.1) is 23.3 Å². The number of alkyl halides is 2. The van der Waals surface area contributed by atoms with Gasteiger partial charge in [-0.3, -0.25) is 4.68 Å². The van der Waals surface area contributed by atoms with Crippen molar-refractivity contribution in [3.8, 4) is 11.1 Å². The van der Waals surface area contributed by atoms with Crippen LogP contribution in [0.1, 0.15) is 30.9 Å². The Morgan fingerprint density at radius 1 is 1.22 bits per heavy atom. The molecule has 0 fully saturated rings. The predicted octanol–water partition coefficient (Wildman–Crippen LogP) is 6.10. The monoisotopic (exact) mass is 435 g/mol. The molecule has 32 heavy (non-hydrogen) atoms. The van der Waals surface area contributed by atoms with E-state index in [1.54, 1.807) is 30.2 Å². The van der Waals surface area contributed by atoms with Gasteiger partial charge in [-0.25, -0.2) is 8.78 Å². The van der Waals surface area contributed by atoms with E-state index in [1.165, 1.54) is 0 Å². The molecule has 1 unspecified atom stereocenters. The molecule has 5 nitrogen and oxygen atoms in total. The van der Waals surface area contributed by atoms with Gasteiger partial charge in [-0.15, -0.1) is 0 Å². The second-order valence-electron chi connectivity index (χ2n) is 8.80. The first kappa shape index (κ1) is 20.5. The molecule has 0 amide bonds. The quantitative estimate of drug-likeness (QED) is 0.522. The lowest BCUT2D eigenvalue weighted by Gasteiger charge is -2.37. The SMILES string of the molecule is C=C1CCNc2c(cccc2N2CC(C)Cc3cc(-c4cnn(C)c4)c(C(F)F)cc32)N1. The average Bonchev–Trinajstić information content (AvgIpc) is 3.09. The van der Waals surface area contributed by atoms with Crippen LogP contribution in [0.5, 0.6) is 0 Å². The number of benzene rings is 2. The number of fused-ring (bicyclic) bond motifs is 2. The normalized spacial score (nSPS) is 18.0. The second kappa shape index (κ2) is 7.97. The minimum atomic E-state index is -2.58. The smallest absolute Gasteiger partial charge is 0.264 e. The number of para-hydroxylation sites is 1. The summed E-state index contributed by atoms with van der Waals surface area (Å²) in [6.45, 7) is 7.82. The molecule has 3 aromatic rings. The van der Waals surface area contributed by atoms with E-state index < -0.39 is 6.43 Å². The van der Waals surface area contributed by atoms with Crippen molar-refractivity contribution in [1.82, 2.24) is 9.78 Å². The van der Waals surface area contributed by atoms with Gasteiger partial charge in [-0.1, -0.05) is 19.6 Å². The molecule has 0 bridgehead atoms. The average molecular weight is 436 g/mol. The maximum atomic E-state index is 14.2. The zero-order chi connectivity index (χ0) is 22.4. The lowest BCUT2D eigenvalue weighted by Crippen LogP contribution is -2.31. The van der Waals surface area contributed by atoms with Crippen LogP contribution in [0.3, 0.4) is 0 Å². The molecule has 2 aliphatic rings. The fourth-order valence-electron chi connectivity index (χ4n) is 4.78. The lowest BCUT2D eigenvalue weighted by atomic mass is 9.88. The fraction of sp³-hybridized carbons (Fsp3) is 0.320. The summed E-state index contributed by atoms with van der Waals surface area (Å²) in [6.07, 6.45) is 2.53. The van der Waals surface area contributed by atoms with Crippen LogP contribution in [0.25, 0.3) is 11.1 Å². The summed E-state index contributed by atoms with van der Waals surface area (Å²) in [5, 5.41) is 11.1. The summed E-state index contributed by atoms with van der Waals surface area (Å²) in [5.74, 6) is 0.381. The summed E-state index contributed by atoms with van der Waals surface area (Å²) in [7, 11) is 1.80. The van der Waals surface area contributed by atoms with Gasteiger partial charge < -0.3 is 15.5 Å². The van der Waals surface area contributed by atoms with E-state index in [-0.39, 0.29) is 5.56 Å². The summed E-state index contributed by atoms with van der Waals surface area (Å²) < 4.78 is 30.0. The topological polar surface area (TPSA) is 45.1 Å². The van der Waals surface area contributed by atoms with Crippen molar-refractivity contribution < 1.29 is 8.78 Å². The molecule has 7 heteroatoms. The number of nitrogens with one attached hydrogen (secondary N) is 2. The molecule has 2 aromatic carbocycles. The number of aromatic nitrogens is 2. The number of halogens is 2. The molecular weight excluding hydrogens is 408 g/mol. The molecule has 0 saturated carbocycles. The van der Waals surface area contributed by atoms with E-state index >= 15 is 0 Å². The summed E-state index contributed by atoms with van der Waals surface area (Å²) in [5.41, 5.74) is 7.15. The highest BCUT2D eigenvalue weighted by molar-refractivity contribution is 5.89. The molecule has 2 aliphatic heterocycles. The Labute approximate surface area is 186 Å².